The number of benzene rings is 8. The van der Waals surface area contributed by atoms with Crippen molar-refractivity contribution >= 4 is 54.5 Å². The zero-order valence-corrected chi connectivity index (χ0v) is 25.9. The maximum absolute atomic E-state index is 6.65. The second-order valence-corrected chi connectivity index (χ2v) is 12.8. The number of furan rings is 1. The average molecular weight is 610 g/mol. The summed E-state index contributed by atoms with van der Waals surface area (Å²) in [6.07, 6.45) is 0. The van der Waals surface area contributed by atoms with Gasteiger partial charge in [-0.2, -0.15) is 0 Å². The molecule has 10 aromatic rings. The van der Waals surface area contributed by atoms with Crippen LogP contribution >= 0.6 is 0 Å². The highest BCUT2D eigenvalue weighted by molar-refractivity contribution is 6.33. The van der Waals surface area contributed by atoms with Crippen molar-refractivity contribution in [1.29, 1.82) is 0 Å². The van der Waals surface area contributed by atoms with E-state index in [1.54, 1.807) is 0 Å². The molecule has 1 aliphatic rings. The van der Waals surface area contributed by atoms with Crippen molar-refractivity contribution in [2.75, 3.05) is 0 Å². The molecule has 2 heterocycles. The molecule has 0 saturated heterocycles. The Morgan fingerprint density at radius 1 is 0.375 bits per heavy atom. The molecule has 2 heteroatoms. The number of hydrogen-bond acceptors (Lipinski definition) is 1. The van der Waals surface area contributed by atoms with Crippen molar-refractivity contribution in [1.82, 2.24) is 4.57 Å². The Labute approximate surface area is 276 Å². The van der Waals surface area contributed by atoms with Crippen LogP contribution in [0.2, 0.25) is 0 Å². The molecular formula is C46H27NO. The summed E-state index contributed by atoms with van der Waals surface area (Å²) in [5.74, 6) is 0. The molecule has 0 radical (unpaired) electrons. The van der Waals surface area contributed by atoms with Gasteiger partial charge in [-0.15, -0.1) is 0 Å². The molecule has 2 nitrogen and oxygen atoms in total. The van der Waals surface area contributed by atoms with Gasteiger partial charge in [0.2, 0.25) is 0 Å². The second-order valence-electron chi connectivity index (χ2n) is 12.8. The maximum Gasteiger partial charge on any atom is 0.138 e. The fraction of sp³-hybridized carbons (Fsp3) is 0. The van der Waals surface area contributed by atoms with Gasteiger partial charge in [0.1, 0.15) is 11.2 Å². The first-order chi connectivity index (χ1) is 23.8. The van der Waals surface area contributed by atoms with Gasteiger partial charge in [-0.05, 0) is 74.0 Å². The molecule has 0 aliphatic heterocycles. The summed E-state index contributed by atoms with van der Waals surface area (Å²) in [6.45, 7) is 0. The van der Waals surface area contributed by atoms with E-state index in [-0.39, 0.29) is 0 Å². The Morgan fingerprint density at radius 2 is 1.00 bits per heavy atom. The van der Waals surface area contributed by atoms with Crippen LogP contribution < -0.4 is 0 Å². The molecule has 2 aromatic heterocycles. The van der Waals surface area contributed by atoms with Gasteiger partial charge < -0.3 is 8.98 Å². The molecule has 48 heavy (non-hydrogen) atoms. The standard InChI is InChI=1S/C46H27NO/c1-2-11-28(12-3-1)32-15-4-5-16-33(32)29-23-25-31(26-24-29)47-38-21-10-19-35-34-18-8-13-30-14-9-20-37(42(30)34)45-44-36-17-6-7-22-40(36)48-41(44)27-39(47)46(45)43(35)38/h1-27H. The Hall–Kier alpha value is -6.38. The normalized spacial score (nSPS) is 12.2. The van der Waals surface area contributed by atoms with Gasteiger partial charge in [0.25, 0.3) is 0 Å². The van der Waals surface area contributed by atoms with Crippen LogP contribution in [0.5, 0.6) is 0 Å². The van der Waals surface area contributed by atoms with Gasteiger partial charge in [-0.1, -0.05) is 133 Å². The van der Waals surface area contributed by atoms with Gasteiger partial charge in [-0.3, -0.25) is 0 Å². The predicted octanol–water partition coefficient (Wildman–Crippen LogP) is 12.8. The number of para-hydroxylation sites is 1. The minimum absolute atomic E-state index is 0.911. The molecule has 222 valence electrons. The monoisotopic (exact) mass is 609 g/mol. The van der Waals surface area contributed by atoms with E-state index in [0.29, 0.717) is 0 Å². The van der Waals surface area contributed by atoms with E-state index < -0.39 is 0 Å². The highest BCUT2D eigenvalue weighted by Gasteiger charge is 2.28. The Bertz CT molecular complexity index is 2920. The van der Waals surface area contributed by atoms with Gasteiger partial charge in [-0.25, -0.2) is 0 Å². The Morgan fingerprint density at radius 3 is 1.79 bits per heavy atom. The third-order valence-corrected chi connectivity index (χ3v) is 10.3. The molecule has 11 rings (SSSR count). The number of hydrogen-bond donors (Lipinski definition) is 0. The van der Waals surface area contributed by atoms with Crippen molar-refractivity contribution in [2.24, 2.45) is 0 Å². The zero-order chi connectivity index (χ0) is 31.3. The van der Waals surface area contributed by atoms with E-state index in [0.717, 1.165) is 27.8 Å². The number of nitrogens with zero attached hydrogens (tertiary/aromatic N) is 1. The fourth-order valence-corrected chi connectivity index (χ4v) is 8.36. The topological polar surface area (TPSA) is 18.1 Å². The Balaban J connectivity index is 1.24. The third-order valence-electron chi connectivity index (χ3n) is 10.3. The molecule has 0 atom stereocenters. The predicted molar refractivity (Wildman–Crippen MR) is 201 cm³/mol. The minimum atomic E-state index is 0.911. The van der Waals surface area contributed by atoms with Crippen molar-refractivity contribution < 1.29 is 4.42 Å². The van der Waals surface area contributed by atoms with E-state index in [2.05, 4.69) is 168 Å². The van der Waals surface area contributed by atoms with Crippen LogP contribution in [0, 0.1) is 0 Å². The van der Waals surface area contributed by atoms with Crippen molar-refractivity contribution in [3.63, 3.8) is 0 Å². The van der Waals surface area contributed by atoms with Crippen LogP contribution in [0.25, 0.3) is 105 Å². The molecule has 0 spiro atoms. The van der Waals surface area contributed by atoms with Crippen LogP contribution in [0.1, 0.15) is 0 Å². The number of aromatic nitrogens is 1. The van der Waals surface area contributed by atoms with Crippen LogP contribution in [0.15, 0.2) is 168 Å². The summed E-state index contributed by atoms with van der Waals surface area (Å²) >= 11 is 0. The molecular weight excluding hydrogens is 583 g/mol. The SMILES string of the molecule is c1ccc(-c2ccccc2-c2ccc(-n3c4cccc5c4c4c(c6c(cc43)oc3ccccc36)-c3cccc4cccc-5c34)cc2)cc1. The van der Waals surface area contributed by atoms with Crippen LogP contribution in [-0.4, -0.2) is 4.57 Å². The highest BCUT2D eigenvalue weighted by Crippen LogP contribution is 2.53. The quantitative estimate of drug-likeness (QED) is 0.195. The molecule has 0 fully saturated rings. The van der Waals surface area contributed by atoms with Gasteiger partial charge in [0.15, 0.2) is 0 Å². The zero-order valence-electron chi connectivity index (χ0n) is 25.9. The molecule has 0 bridgehead atoms. The van der Waals surface area contributed by atoms with E-state index >= 15 is 0 Å². The van der Waals surface area contributed by atoms with E-state index in [9.17, 15) is 0 Å². The van der Waals surface area contributed by atoms with Gasteiger partial charge in [0.05, 0.1) is 11.0 Å². The first kappa shape index (κ1) is 25.8. The molecule has 8 aromatic carbocycles. The smallest absolute Gasteiger partial charge is 0.138 e. The summed E-state index contributed by atoms with van der Waals surface area (Å²) in [6, 6.07) is 59.4. The summed E-state index contributed by atoms with van der Waals surface area (Å²) < 4.78 is 9.09. The maximum atomic E-state index is 6.65. The molecule has 0 saturated carbocycles. The summed E-state index contributed by atoms with van der Waals surface area (Å²) in [5, 5.41) is 7.46. The number of fused-ring (bicyclic) bond motifs is 6. The summed E-state index contributed by atoms with van der Waals surface area (Å²) in [7, 11) is 0. The third kappa shape index (κ3) is 3.41. The highest BCUT2D eigenvalue weighted by atomic mass is 16.3. The lowest BCUT2D eigenvalue weighted by Gasteiger charge is -2.15. The van der Waals surface area contributed by atoms with Crippen LogP contribution in [0.3, 0.4) is 0 Å². The largest absolute Gasteiger partial charge is 0.456 e. The van der Waals surface area contributed by atoms with Gasteiger partial charge in [0, 0.05) is 38.9 Å². The van der Waals surface area contributed by atoms with Crippen molar-refractivity contribution in [3.8, 4) is 50.2 Å². The van der Waals surface area contributed by atoms with E-state index in [4.69, 9.17) is 4.42 Å². The molecule has 0 amide bonds. The fourth-order valence-electron chi connectivity index (χ4n) is 8.36. The van der Waals surface area contributed by atoms with E-state index in [1.165, 1.54) is 77.0 Å². The first-order valence-corrected chi connectivity index (χ1v) is 16.5. The number of rotatable bonds is 3. The molecule has 1 aliphatic carbocycles. The second kappa shape index (κ2) is 9.57. The minimum Gasteiger partial charge on any atom is -0.456 e. The van der Waals surface area contributed by atoms with Crippen molar-refractivity contribution in [3.05, 3.63) is 164 Å². The summed E-state index contributed by atoms with van der Waals surface area (Å²) in [5.41, 5.74) is 15.2. The molecule has 0 N–H and O–H groups in total. The Kier molecular flexibility index (Phi) is 5.14. The lowest BCUT2D eigenvalue weighted by Crippen LogP contribution is -1.95. The van der Waals surface area contributed by atoms with E-state index in [1.807, 2.05) is 0 Å². The summed E-state index contributed by atoms with van der Waals surface area (Å²) in [4.78, 5) is 0. The van der Waals surface area contributed by atoms with Crippen LogP contribution in [0.4, 0.5) is 0 Å². The van der Waals surface area contributed by atoms with Gasteiger partial charge >= 0.3 is 0 Å². The lowest BCUT2D eigenvalue weighted by atomic mass is 9.91. The lowest BCUT2D eigenvalue weighted by molar-refractivity contribution is 0.669. The average Bonchev–Trinajstić information content (AvgIpc) is 3.65. The molecule has 0 unspecified atom stereocenters. The van der Waals surface area contributed by atoms with Crippen LogP contribution in [-0.2, 0) is 0 Å². The first-order valence-electron chi connectivity index (χ1n) is 16.5. The van der Waals surface area contributed by atoms with Crippen molar-refractivity contribution in [2.45, 2.75) is 0 Å².